The highest BCUT2D eigenvalue weighted by Gasteiger charge is 2.35. The number of nitrogens with zero attached hydrogens (tertiary/aromatic N) is 3. The molecule has 1 aromatic heterocycles. The molecule has 0 bridgehead atoms. The highest BCUT2D eigenvalue weighted by atomic mass is 16.2. The fraction of sp³-hybridized carbons (Fsp3) is 0.762. The summed E-state index contributed by atoms with van der Waals surface area (Å²) >= 11 is 0. The van der Waals surface area contributed by atoms with E-state index >= 15 is 0 Å². The summed E-state index contributed by atoms with van der Waals surface area (Å²) in [4.78, 5) is 32.8. The third kappa shape index (κ3) is 4.80. The van der Waals surface area contributed by atoms with Gasteiger partial charge in [-0.25, -0.2) is 4.98 Å². The Morgan fingerprint density at radius 2 is 1.90 bits per heavy atom. The van der Waals surface area contributed by atoms with E-state index in [1.165, 1.54) is 0 Å². The largest absolute Gasteiger partial charge is 0.357 e. The molecule has 8 nitrogen and oxygen atoms in total. The van der Waals surface area contributed by atoms with Gasteiger partial charge >= 0.3 is 0 Å². The Kier molecular flexibility index (Phi) is 6.63. The number of aromatic nitrogens is 2. The molecule has 3 heterocycles. The van der Waals surface area contributed by atoms with Gasteiger partial charge in [-0.05, 0) is 51.4 Å². The van der Waals surface area contributed by atoms with Gasteiger partial charge in [0, 0.05) is 26.1 Å². The van der Waals surface area contributed by atoms with Gasteiger partial charge in [0.1, 0.15) is 11.9 Å². The average Bonchev–Trinajstić information content (AvgIpc) is 2.92. The molecule has 0 saturated carbocycles. The van der Waals surface area contributed by atoms with Crippen molar-refractivity contribution in [2.24, 2.45) is 5.41 Å². The zero-order valence-corrected chi connectivity index (χ0v) is 18.5. The van der Waals surface area contributed by atoms with E-state index in [1.54, 1.807) is 7.05 Å². The van der Waals surface area contributed by atoms with Crippen molar-refractivity contribution >= 4 is 11.8 Å². The molecular weight excluding hydrogens is 368 g/mol. The third-order valence-electron chi connectivity index (χ3n) is 6.01. The normalized spacial score (nSPS) is 19.9. The van der Waals surface area contributed by atoms with E-state index in [0.717, 1.165) is 57.0 Å². The van der Waals surface area contributed by atoms with Crippen LogP contribution in [-0.4, -0.2) is 66.0 Å². The van der Waals surface area contributed by atoms with Crippen LogP contribution in [0.3, 0.4) is 0 Å². The Morgan fingerprint density at radius 1 is 1.21 bits per heavy atom. The molecule has 0 aliphatic carbocycles. The summed E-state index contributed by atoms with van der Waals surface area (Å²) in [7, 11) is 3.68. The van der Waals surface area contributed by atoms with Gasteiger partial charge in [0.2, 0.25) is 5.91 Å². The Labute approximate surface area is 173 Å². The van der Waals surface area contributed by atoms with Crippen LogP contribution in [0.25, 0.3) is 0 Å². The predicted molar refractivity (Wildman–Crippen MR) is 113 cm³/mol. The minimum Gasteiger partial charge on any atom is -0.357 e. The quantitative estimate of drug-likeness (QED) is 0.698. The maximum atomic E-state index is 13.3. The van der Waals surface area contributed by atoms with Crippen LogP contribution in [0.2, 0.25) is 0 Å². The van der Waals surface area contributed by atoms with Crippen LogP contribution in [0.5, 0.6) is 0 Å². The molecule has 1 fully saturated rings. The molecule has 1 aromatic rings. The van der Waals surface area contributed by atoms with E-state index < -0.39 is 11.5 Å². The van der Waals surface area contributed by atoms with Crippen molar-refractivity contribution in [2.45, 2.75) is 65.1 Å². The molecule has 2 aliphatic heterocycles. The van der Waals surface area contributed by atoms with Crippen LogP contribution in [0.15, 0.2) is 0 Å². The fourth-order valence-electron chi connectivity index (χ4n) is 4.34. The van der Waals surface area contributed by atoms with Crippen molar-refractivity contribution < 1.29 is 9.59 Å². The van der Waals surface area contributed by atoms with E-state index in [0.29, 0.717) is 18.2 Å². The summed E-state index contributed by atoms with van der Waals surface area (Å²) in [6, 6.07) is -0.622. The zero-order valence-electron chi connectivity index (χ0n) is 18.5. The molecule has 2 aliphatic rings. The first-order valence-corrected chi connectivity index (χ1v) is 10.7. The number of fused-ring (bicyclic) bond motifs is 1. The van der Waals surface area contributed by atoms with E-state index in [-0.39, 0.29) is 11.8 Å². The Hall–Kier alpha value is -1.93. The number of likely N-dealkylation sites (N-methyl/N-ethyl adjacent to an activating group) is 1. The lowest BCUT2D eigenvalue weighted by atomic mass is 9.86. The first kappa shape index (κ1) is 21.8. The molecule has 0 aromatic carbocycles. The topological polar surface area (TPSA) is 91.3 Å². The van der Waals surface area contributed by atoms with Crippen LogP contribution >= 0.6 is 0 Å². The van der Waals surface area contributed by atoms with Gasteiger partial charge in [-0.1, -0.05) is 20.8 Å². The first-order valence-electron chi connectivity index (χ1n) is 10.7. The second-order valence-electron chi connectivity index (χ2n) is 9.42. The predicted octanol–water partition coefficient (Wildman–Crippen LogP) is 1.08. The lowest BCUT2D eigenvalue weighted by molar-refractivity contribution is -0.124. The molecule has 1 atom stereocenters. The SMILES string of the molecule is CNC(=O)C(NC(=O)c1nc(C2CCNCC2)n2c1CN(C)CCC2)C(C)(C)C. The number of carbonyl (C=O) groups is 2. The van der Waals surface area contributed by atoms with Gasteiger partial charge in [-0.2, -0.15) is 0 Å². The molecular formula is C21H36N6O2. The maximum Gasteiger partial charge on any atom is 0.272 e. The van der Waals surface area contributed by atoms with Gasteiger partial charge in [-0.3, -0.25) is 9.59 Å². The van der Waals surface area contributed by atoms with Gasteiger partial charge < -0.3 is 25.4 Å². The number of amides is 2. The first-order chi connectivity index (χ1) is 13.7. The maximum absolute atomic E-state index is 13.3. The van der Waals surface area contributed by atoms with Gasteiger partial charge in [0.15, 0.2) is 5.69 Å². The number of imidazole rings is 1. The molecule has 1 saturated heterocycles. The van der Waals surface area contributed by atoms with Crippen LogP contribution < -0.4 is 16.0 Å². The highest BCUT2D eigenvalue weighted by molar-refractivity contribution is 5.97. The van der Waals surface area contributed by atoms with Gasteiger partial charge in [-0.15, -0.1) is 0 Å². The third-order valence-corrected chi connectivity index (χ3v) is 6.01. The van der Waals surface area contributed by atoms with Crippen LogP contribution in [0.1, 0.15) is 68.0 Å². The summed E-state index contributed by atoms with van der Waals surface area (Å²) in [6.45, 7) is 10.4. The van der Waals surface area contributed by atoms with E-state index in [1.807, 2.05) is 20.8 Å². The molecule has 8 heteroatoms. The Balaban J connectivity index is 1.96. The van der Waals surface area contributed by atoms with Gasteiger partial charge in [0.25, 0.3) is 5.91 Å². The van der Waals surface area contributed by atoms with Crippen molar-refractivity contribution in [1.29, 1.82) is 0 Å². The fourth-order valence-corrected chi connectivity index (χ4v) is 4.34. The second kappa shape index (κ2) is 8.83. The van der Waals surface area contributed by atoms with E-state index in [4.69, 9.17) is 4.98 Å². The lowest BCUT2D eigenvalue weighted by Crippen LogP contribution is -2.53. The summed E-state index contributed by atoms with van der Waals surface area (Å²) in [5, 5.41) is 9.04. The van der Waals surface area contributed by atoms with Crippen LogP contribution in [0.4, 0.5) is 0 Å². The second-order valence-corrected chi connectivity index (χ2v) is 9.42. The number of carbonyl (C=O) groups excluding carboxylic acids is 2. The molecule has 1 unspecified atom stereocenters. The molecule has 3 rings (SSSR count). The Bertz CT molecular complexity index is 745. The van der Waals surface area contributed by atoms with Crippen molar-refractivity contribution in [3.63, 3.8) is 0 Å². The van der Waals surface area contributed by atoms with Gasteiger partial charge in [0.05, 0.1) is 5.69 Å². The smallest absolute Gasteiger partial charge is 0.272 e. The molecule has 2 amide bonds. The summed E-state index contributed by atoms with van der Waals surface area (Å²) in [5.41, 5.74) is 1.05. The minimum absolute atomic E-state index is 0.188. The minimum atomic E-state index is -0.622. The molecule has 162 valence electrons. The van der Waals surface area contributed by atoms with Crippen molar-refractivity contribution in [3.05, 3.63) is 17.2 Å². The number of piperidine rings is 1. The molecule has 3 N–H and O–H groups in total. The molecule has 29 heavy (non-hydrogen) atoms. The zero-order chi connectivity index (χ0) is 21.2. The van der Waals surface area contributed by atoms with E-state index in [9.17, 15) is 9.59 Å². The standard InChI is InChI=1S/C21H36N6O2/c1-21(2,3)17(20(29)22-4)25-19(28)16-15-13-26(5)11-6-12-27(15)18(24-16)14-7-9-23-10-8-14/h14,17,23H,6-13H2,1-5H3,(H,22,29)(H,25,28). The Morgan fingerprint density at radius 3 is 2.52 bits per heavy atom. The van der Waals surface area contributed by atoms with Crippen molar-refractivity contribution in [1.82, 2.24) is 30.4 Å². The van der Waals surface area contributed by atoms with Crippen molar-refractivity contribution in [3.8, 4) is 0 Å². The summed E-state index contributed by atoms with van der Waals surface area (Å²) in [6.07, 6.45) is 3.12. The lowest BCUT2D eigenvalue weighted by Gasteiger charge is -2.29. The highest BCUT2D eigenvalue weighted by Crippen LogP contribution is 2.29. The average molecular weight is 405 g/mol. The summed E-state index contributed by atoms with van der Waals surface area (Å²) in [5.74, 6) is 0.964. The van der Waals surface area contributed by atoms with Crippen LogP contribution in [0, 0.1) is 5.41 Å². The van der Waals surface area contributed by atoms with E-state index in [2.05, 4.69) is 32.5 Å². The number of nitrogens with one attached hydrogen (secondary N) is 3. The number of hydrogen-bond acceptors (Lipinski definition) is 5. The number of rotatable bonds is 4. The monoisotopic (exact) mass is 404 g/mol. The summed E-state index contributed by atoms with van der Waals surface area (Å²) < 4.78 is 2.28. The number of hydrogen-bond donors (Lipinski definition) is 3. The molecule has 0 radical (unpaired) electrons. The molecule has 0 spiro atoms. The van der Waals surface area contributed by atoms with Crippen molar-refractivity contribution in [2.75, 3.05) is 33.7 Å². The van der Waals surface area contributed by atoms with Crippen LogP contribution in [-0.2, 0) is 17.9 Å².